The van der Waals surface area contributed by atoms with E-state index in [-0.39, 0.29) is 5.91 Å². The van der Waals surface area contributed by atoms with E-state index < -0.39 is 11.7 Å². The van der Waals surface area contributed by atoms with Crippen molar-refractivity contribution in [3.8, 4) is 0 Å². The van der Waals surface area contributed by atoms with Crippen molar-refractivity contribution in [2.75, 3.05) is 37.6 Å². The van der Waals surface area contributed by atoms with Crippen molar-refractivity contribution in [1.82, 2.24) is 15.2 Å². The number of piperazine rings is 1. The summed E-state index contributed by atoms with van der Waals surface area (Å²) in [6.45, 7) is 11.0. The van der Waals surface area contributed by atoms with Gasteiger partial charge in [-0.05, 0) is 51.1 Å². The molecule has 0 aromatic carbocycles. The summed E-state index contributed by atoms with van der Waals surface area (Å²) in [6, 6.07) is 4.31. The summed E-state index contributed by atoms with van der Waals surface area (Å²) in [5.74, 6) is 1.18. The van der Waals surface area contributed by atoms with Crippen molar-refractivity contribution < 1.29 is 14.3 Å². The van der Waals surface area contributed by atoms with Crippen LogP contribution < -0.4 is 10.2 Å². The second-order valence-corrected chi connectivity index (χ2v) is 9.47. The number of alkyl carbamates (subject to hydrolysis) is 1. The molecule has 2 amide bonds. The van der Waals surface area contributed by atoms with Gasteiger partial charge in [0.2, 0.25) is 5.91 Å². The number of carbonyl (C=O) groups is 2. The summed E-state index contributed by atoms with van der Waals surface area (Å²) in [6.07, 6.45) is 1.50. The molecule has 0 unspecified atom stereocenters. The Morgan fingerprint density at radius 3 is 2.63 bits per heavy atom. The number of hydrogen-bond donors (Lipinski definition) is 1. The van der Waals surface area contributed by atoms with E-state index >= 15 is 0 Å². The Kier molecular flexibility index (Phi) is 7.18. The molecule has 8 heteroatoms. The van der Waals surface area contributed by atoms with Gasteiger partial charge in [0.15, 0.2) is 0 Å². The second kappa shape index (κ2) is 9.64. The van der Waals surface area contributed by atoms with Crippen LogP contribution in [-0.4, -0.2) is 60.2 Å². The Bertz CT molecular complexity index is 882. The molecule has 30 heavy (non-hydrogen) atoms. The SMILES string of the molecule is CCc1cc2sccc2c(N2CCN(C(=O)CCCNC(=O)OC(C)(C)C)CC2)n1. The van der Waals surface area contributed by atoms with E-state index in [1.54, 1.807) is 11.3 Å². The number of aromatic nitrogens is 1. The molecule has 0 atom stereocenters. The third kappa shape index (κ3) is 5.84. The fraction of sp³-hybridized carbons (Fsp3) is 0.591. The molecule has 7 nitrogen and oxygen atoms in total. The smallest absolute Gasteiger partial charge is 0.407 e. The van der Waals surface area contributed by atoms with Gasteiger partial charge >= 0.3 is 6.09 Å². The molecule has 3 rings (SSSR count). The molecule has 2 aromatic rings. The third-order valence-electron chi connectivity index (χ3n) is 5.01. The minimum atomic E-state index is -0.514. The van der Waals surface area contributed by atoms with Gasteiger partial charge in [-0.1, -0.05) is 6.92 Å². The summed E-state index contributed by atoms with van der Waals surface area (Å²) >= 11 is 1.75. The van der Waals surface area contributed by atoms with Gasteiger partial charge in [-0.25, -0.2) is 9.78 Å². The molecule has 1 fully saturated rings. The standard InChI is InChI=1S/C22H32N4O3S/c1-5-16-15-18-17(8-14-30-18)20(24-16)26-12-10-25(11-13-26)19(27)7-6-9-23-21(28)29-22(2,3)4/h8,14-15H,5-7,9-13H2,1-4H3,(H,23,28). The zero-order chi connectivity index (χ0) is 21.7. The van der Waals surface area contributed by atoms with Gasteiger partial charge in [-0.3, -0.25) is 4.79 Å². The van der Waals surface area contributed by atoms with Crippen LogP contribution >= 0.6 is 11.3 Å². The van der Waals surface area contributed by atoms with E-state index in [0.717, 1.165) is 31.0 Å². The van der Waals surface area contributed by atoms with Crippen LogP contribution in [0.5, 0.6) is 0 Å². The average Bonchev–Trinajstić information content (AvgIpc) is 3.17. The number of pyridine rings is 1. The largest absolute Gasteiger partial charge is 0.444 e. The van der Waals surface area contributed by atoms with Crippen molar-refractivity contribution in [2.45, 2.75) is 52.6 Å². The van der Waals surface area contributed by atoms with Crippen LogP contribution in [0.1, 0.15) is 46.2 Å². The van der Waals surface area contributed by atoms with Crippen LogP contribution in [0.4, 0.5) is 10.6 Å². The Labute approximate surface area is 182 Å². The number of thiophene rings is 1. The van der Waals surface area contributed by atoms with Crippen LogP contribution in [0.15, 0.2) is 17.5 Å². The number of fused-ring (bicyclic) bond motifs is 1. The molecule has 0 bridgehead atoms. The van der Waals surface area contributed by atoms with Crippen molar-refractivity contribution in [3.63, 3.8) is 0 Å². The van der Waals surface area contributed by atoms with Crippen LogP contribution in [0.3, 0.4) is 0 Å². The van der Waals surface area contributed by atoms with E-state index in [0.29, 0.717) is 32.5 Å². The summed E-state index contributed by atoms with van der Waals surface area (Å²) in [5.41, 5.74) is 0.593. The Balaban J connectivity index is 1.46. The molecule has 1 saturated heterocycles. The topological polar surface area (TPSA) is 74.8 Å². The predicted octanol–water partition coefficient (Wildman–Crippen LogP) is 3.81. The summed E-state index contributed by atoms with van der Waals surface area (Å²) in [5, 5.41) is 6.01. The molecule has 3 heterocycles. The molecule has 0 radical (unpaired) electrons. The Hall–Kier alpha value is -2.35. The van der Waals surface area contributed by atoms with Gasteiger partial charge in [-0.2, -0.15) is 0 Å². The number of amides is 2. The number of carbonyl (C=O) groups excluding carboxylic acids is 2. The van der Waals surface area contributed by atoms with Gasteiger partial charge in [-0.15, -0.1) is 11.3 Å². The molecule has 164 valence electrons. The molecule has 2 aromatic heterocycles. The third-order valence-corrected chi connectivity index (χ3v) is 5.88. The highest BCUT2D eigenvalue weighted by molar-refractivity contribution is 7.17. The van der Waals surface area contributed by atoms with Crippen LogP contribution in [-0.2, 0) is 16.0 Å². The Morgan fingerprint density at radius 1 is 1.23 bits per heavy atom. The number of nitrogens with zero attached hydrogens (tertiary/aromatic N) is 3. The minimum absolute atomic E-state index is 0.136. The molecular weight excluding hydrogens is 400 g/mol. The summed E-state index contributed by atoms with van der Waals surface area (Å²) < 4.78 is 6.47. The molecule has 0 spiro atoms. The average molecular weight is 433 g/mol. The van der Waals surface area contributed by atoms with Crippen molar-refractivity contribution in [1.29, 1.82) is 0 Å². The van der Waals surface area contributed by atoms with Gasteiger partial charge in [0, 0.05) is 54.9 Å². The first kappa shape index (κ1) is 22.3. The van der Waals surface area contributed by atoms with E-state index in [2.05, 4.69) is 34.7 Å². The molecule has 1 aliphatic rings. The maximum atomic E-state index is 12.5. The van der Waals surface area contributed by atoms with Gasteiger partial charge in [0.1, 0.15) is 11.4 Å². The van der Waals surface area contributed by atoms with Crippen molar-refractivity contribution in [2.24, 2.45) is 0 Å². The molecule has 0 saturated carbocycles. The van der Waals surface area contributed by atoms with Gasteiger partial charge < -0.3 is 19.9 Å². The van der Waals surface area contributed by atoms with Crippen molar-refractivity contribution in [3.05, 3.63) is 23.2 Å². The van der Waals surface area contributed by atoms with Crippen molar-refractivity contribution >= 4 is 39.2 Å². The highest BCUT2D eigenvalue weighted by Gasteiger charge is 2.23. The van der Waals surface area contributed by atoms with E-state index in [4.69, 9.17) is 9.72 Å². The van der Waals surface area contributed by atoms with Crippen LogP contribution in [0.2, 0.25) is 0 Å². The Morgan fingerprint density at radius 2 is 1.97 bits per heavy atom. The first-order valence-electron chi connectivity index (χ1n) is 10.6. The van der Waals surface area contributed by atoms with Crippen LogP contribution in [0.25, 0.3) is 10.1 Å². The zero-order valence-electron chi connectivity index (χ0n) is 18.4. The molecular formula is C22H32N4O3S. The lowest BCUT2D eigenvalue weighted by atomic mass is 10.2. The maximum Gasteiger partial charge on any atom is 0.407 e. The predicted molar refractivity (Wildman–Crippen MR) is 121 cm³/mol. The highest BCUT2D eigenvalue weighted by atomic mass is 32.1. The normalized spacial score (nSPS) is 14.8. The molecule has 1 aliphatic heterocycles. The lowest BCUT2D eigenvalue weighted by molar-refractivity contribution is -0.131. The highest BCUT2D eigenvalue weighted by Crippen LogP contribution is 2.30. The fourth-order valence-corrected chi connectivity index (χ4v) is 4.33. The first-order valence-corrected chi connectivity index (χ1v) is 11.5. The van der Waals surface area contributed by atoms with E-state index in [1.165, 1.54) is 10.1 Å². The molecule has 1 N–H and O–H groups in total. The quantitative estimate of drug-likeness (QED) is 0.703. The number of rotatable bonds is 6. The zero-order valence-corrected chi connectivity index (χ0v) is 19.2. The first-order chi connectivity index (χ1) is 14.3. The second-order valence-electron chi connectivity index (χ2n) is 8.52. The van der Waals surface area contributed by atoms with Gasteiger partial charge in [0.25, 0.3) is 0 Å². The number of nitrogens with one attached hydrogen (secondary N) is 1. The number of aryl methyl sites for hydroxylation is 1. The minimum Gasteiger partial charge on any atom is -0.444 e. The van der Waals surface area contributed by atoms with Crippen LogP contribution in [0, 0.1) is 0 Å². The fourth-order valence-electron chi connectivity index (χ4n) is 3.49. The maximum absolute atomic E-state index is 12.5. The number of ether oxygens (including phenoxy) is 1. The summed E-state index contributed by atoms with van der Waals surface area (Å²) in [4.78, 5) is 33.3. The summed E-state index contributed by atoms with van der Waals surface area (Å²) in [7, 11) is 0. The van der Waals surface area contributed by atoms with Gasteiger partial charge in [0.05, 0.1) is 0 Å². The molecule has 0 aliphatic carbocycles. The van der Waals surface area contributed by atoms with E-state index in [1.807, 2.05) is 25.7 Å². The lowest BCUT2D eigenvalue weighted by Gasteiger charge is -2.36. The van der Waals surface area contributed by atoms with E-state index in [9.17, 15) is 9.59 Å². The number of anilines is 1. The monoisotopic (exact) mass is 432 g/mol. The number of hydrogen-bond acceptors (Lipinski definition) is 6. The lowest BCUT2D eigenvalue weighted by Crippen LogP contribution is -2.49.